The molecular weight excluding hydrogens is 520 g/mol. The smallest absolute Gasteiger partial charge is 0.293 e. The summed E-state index contributed by atoms with van der Waals surface area (Å²) in [7, 11) is 1.49. The molecule has 8 heteroatoms. The monoisotopic (exact) mass is 540 g/mol. The molecule has 1 fully saturated rings. The molecule has 6 nitrogen and oxygen atoms in total. The standard InChI is InChI=1S/C30H21ClN2O4S/c1-36-26-14-19(13-25(31)28(26)37-18-23-9-3-2-8-21(23)16-32)15-27-29(34)33(30(35)38-27)17-22-11-6-10-20-7-4-5-12-24(20)22/h2-15H,17-18H2,1H3/b27-15+. The summed E-state index contributed by atoms with van der Waals surface area (Å²) >= 11 is 7.42. The zero-order valence-corrected chi connectivity index (χ0v) is 21.9. The lowest BCUT2D eigenvalue weighted by molar-refractivity contribution is -0.123. The molecule has 1 heterocycles. The average Bonchev–Trinajstić information content (AvgIpc) is 3.19. The summed E-state index contributed by atoms with van der Waals surface area (Å²) in [4.78, 5) is 27.5. The SMILES string of the molecule is COc1cc(/C=C2/SC(=O)N(Cc3cccc4ccccc34)C2=O)cc(Cl)c1OCc1ccccc1C#N. The number of halogens is 1. The fraction of sp³-hybridized carbons (Fsp3) is 0.100. The lowest BCUT2D eigenvalue weighted by atomic mass is 10.0. The van der Waals surface area contributed by atoms with Crippen LogP contribution in [-0.4, -0.2) is 23.2 Å². The summed E-state index contributed by atoms with van der Waals surface area (Å²) in [6.45, 7) is 0.316. The molecule has 0 N–H and O–H groups in total. The quantitative estimate of drug-likeness (QED) is 0.231. The Kier molecular flexibility index (Phi) is 7.36. The van der Waals surface area contributed by atoms with Gasteiger partial charge in [0.15, 0.2) is 11.5 Å². The normalized spacial score (nSPS) is 14.2. The number of carbonyl (C=O) groups excluding carboxylic acids is 2. The molecule has 0 aromatic heterocycles. The molecule has 2 amide bonds. The van der Waals surface area contributed by atoms with Gasteiger partial charge >= 0.3 is 0 Å². The second-order valence-corrected chi connectivity index (χ2v) is 9.90. The van der Waals surface area contributed by atoms with Gasteiger partial charge in [-0.1, -0.05) is 72.3 Å². The minimum Gasteiger partial charge on any atom is -0.493 e. The van der Waals surface area contributed by atoms with Gasteiger partial charge in [0.25, 0.3) is 11.1 Å². The zero-order chi connectivity index (χ0) is 26.6. The van der Waals surface area contributed by atoms with E-state index in [1.807, 2.05) is 54.6 Å². The van der Waals surface area contributed by atoms with Gasteiger partial charge in [-0.2, -0.15) is 5.26 Å². The molecule has 0 spiro atoms. The van der Waals surface area contributed by atoms with Gasteiger partial charge < -0.3 is 9.47 Å². The molecule has 38 heavy (non-hydrogen) atoms. The van der Waals surface area contributed by atoms with Crippen LogP contribution < -0.4 is 9.47 Å². The lowest BCUT2D eigenvalue weighted by Gasteiger charge is -2.15. The molecule has 1 aliphatic rings. The number of amides is 2. The number of imide groups is 1. The van der Waals surface area contributed by atoms with Gasteiger partial charge in [-0.15, -0.1) is 0 Å². The van der Waals surface area contributed by atoms with E-state index in [0.717, 1.165) is 33.7 Å². The third-order valence-corrected chi connectivity index (χ3v) is 7.33. The number of carbonyl (C=O) groups is 2. The Hall–Kier alpha value is -4.25. The lowest BCUT2D eigenvalue weighted by Crippen LogP contribution is -2.27. The Bertz CT molecular complexity index is 1640. The molecule has 1 saturated heterocycles. The molecule has 0 radical (unpaired) electrons. The second-order valence-electron chi connectivity index (χ2n) is 8.50. The van der Waals surface area contributed by atoms with Crippen molar-refractivity contribution in [1.29, 1.82) is 5.26 Å². The van der Waals surface area contributed by atoms with Gasteiger partial charge in [0.2, 0.25) is 0 Å². The molecular formula is C30H21ClN2O4S. The third-order valence-electron chi connectivity index (χ3n) is 6.14. The predicted molar refractivity (Wildman–Crippen MR) is 149 cm³/mol. The molecule has 4 aromatic carbocycles. The van der Waals surface area contributed by atoms with Gasteiger partial charge in [0, 0.05) is 5.56 Å². The maximum Gasteiger partial charge on any atom is 0.293 e. The van der Waals surface area contributed by atoms with E-state index in [2.05, 4.69) is 6.07 Å². The van der Waals surface area contributed by atoms with Crippen molar-refractivity contribution in [3.05, 3.63) is 111 Å². The number of nitrogens with zero attached hydrogens (tertiary/aromatic N) is 2. The van der Waals surface area contributed by atoms with Crippen LogP contribution in [-0.2, 0) is 17.9 Å². The van der Waals surface area contributed by atoms with Gasteiger partial charge in [0.1, 0.15) is 6.61 Å². The molecule has 5 rings (SSSR count). The van der Waals surface area contributed by atoms with Crippen LogP contribution in [0.15, 0.2) is 83.8 Å². The number of thioether (sulfide) groups is 1. The summed E-state index contributed by atoms with van der Waals surface area (Å²) in [5.41, 5.74) is 2.72. The van der Waals surface area contributed by atoms with E-state index in [1.54, 1.807) is 30.3 Å². The minimum atomic E-state index is -0.364. The maximum atomic E-state index is 13.2. The van der Waals surface area contributed by atoms with Crippen molar-refractivity contribution >= 4 is 51.4 Å². The van der Waals surface area contributed by atoms with Crippen LogP contribution in [0.4, 0.5) is 4.79 Å². The van der Waals surface area contributed by atoms with Crippen LogP contribution in [0.25, 0.3) is 16.8 Å². The van der Waals surface area contributed by atoms with Gasteiger partial charge in [-0.25, -0.2) is 0 Å². The fourth-order valence-electron chi connectivity index (χ4n) is 4.26. The third kappa shape index (κ3) is 5.10. The Labute approximate surface area is 229 Å². The van der Waals surface area contributed by atoms with Crippen molar-refractivity contribution < 1.29 is 19.1 Å². The molecule has 188 valence electrons. The molecule has 0 saturated carbocycles. The number of fused-ring (bicyclic) bond motifs is 1. The summed E-state index contributed by atoms with van der Waals surface area (Å²) in [6.07, 6.45) is 1.62. The number of nitriles is 1. The molecule has 0 bridgehead atoms. The van der Waals surface area contributed by atoms with Gasteiger partial charge in [0.05, 0.1) is 35.2 Å². The van der Waals surface area contributed by atoms with Crippen LogP contribution in [0.3, 0.4) is 0 Å². The van der Waals surface area contributed by atoms with E-state index in [1.165, 1.54) is 12.0 Å². The van der Waals surface area contributed by atoms with E-state index < -0.39 is 0 Å². The topological polar surface area (TPSA) is 79.6 Å². The van der Waals surface area contributed by atoms with Crippen LogP contribution in [0.5, 0.6) is 11.5 Å². The molecule has 0 atom stereocenters. The van der Waals surface area contributed by atoms with Crippen molar-refractivity contribution in [3.8, 4) is 17.6 Å². The predicted octanol–water partition coefficient (Wildman–Crippen LogP) is 7.19. The fourth-order valence-corrected chi connectivity index (χ4v) is 5.37. The minimum absolute atomic E-state index is 0.131. The summed E-state index contributed by atoms with van der Waals surface area (Å²) in [5, 5.41) is 11.3. The highest BCUT2D eigenvalue weighted by Gasteiger charge is 2.35. The van der Waals surface area contributed by atoms with Crippen molar-refractivity contribution in [3.63, 3.8) is 0 Å². The molecule has 0 aliphatic carbocycles. The van der Waals surface area contributed by atoms with Crippen LogP contribution >= 0.6 is 23.4 Å². The number of methoxy groups -OCH3 is 1. The van der Waals surface area contributed by atoms with Crippen LogP contribution in [0, 0.1) is 11.3 Å². The second kappa shape index (κ2) is 11.0. The van der Waals surface area contributed by atoms with E-state index in [9.17, 15) is 14.9 Å². The van der Waals surface area contributed by atoms with Crippen LogP contribution in [0.2, 0.25) is 5.02 Å². The number of ether oxygens (including phenoxy) is 2. The molecule has 0 unspecified atom stereocenters. The number of rotatable bonds is 7. The number of hydrogen-bond donors (Lipinski definition) is 0. The Morgan fingerprint density at radius 3 is 2.55 bits per heavy atom. The first-order valence-corrected chi connectivity index (χ1v) is 12.9. The largest absolute Gasteiger partial charge is 0.493 e. The first-order chi connectivity index (χ1) is 18.5. The number of hydrogen-bond acceptors (Lipinski definition) is 6. The highest BCUT2D eigenvalue weighted by Crippen LogP contribution is 2.40. The highest BCUT2D eigenvalue weighted by atomic mass is 35.5. The van der Waals surface area contributed by atoms with Crippen molar-refractivity contribution in [2.45, 2.75) is 13.2 Å². The number of benzene rings is 4. The van der Waals surface area contributed by atoms with Crippen LogP contribution in [0.1, 0.15) is 22.3 Å². The Morgan fingerprint density at radius 2 is 1.74 bits per heavy atom. The summed E-state index contributed by atoms with van der Waals surface area (Å²) < 4.78 is 11.4. The average molecular weight is 541 g/mol. The summed E-state index contributed by atoms with van der Waals surface area (Å²) in [5.74, 6) is 0.327. The maximum absolute atomic E-state index is 13.2. The van der Waals surface area contributed by atoms with Crippen molar-refractivity contribution in [2.24, 2.45) is 0 Å². The molecule has 4 aromatic rings. The summed E-state index contributed by atoms with van der Waals surface area (Å²) in [6, 6.07) is 26.3. The first-order valence-electron chi connectivity index (χ1n) is 11.7. The zero-order valence-electron chi connectivity index (χ0n) is 20.3. The Morgan fingerprint density at radius 1 is 1.00 bits per heavy atom. The van der Waals surface area contributed by atoms with E-state index in [4.69, 9.17) is 21.1 Å². The molecule has 1 aliphatic heterocycles. The van der Waals surface area contributed by atoms with E-state index in [-0.39, 0.29) is 29.3 Å². The van der Waals surface area contributed by atoms with Crippen molar-refractivity contribution in [1.82, 2.24) is 4.90 Å². The van der Waals surface area contributed by atoms with Gasteiger partial charge in [-0.05, 0) is 57.9 Å². The van der Waals surface area contributed by atoms with Crippen molar-refractivity contribution in [2.75, 3.05) is 7.11 Å². The van der Waals surface area contributed by atoms with E-state index in [0.29, 0.717) is 27.5 Å². The van der Waals surface area contributed by atoms with E-state index >= 15 is 0 Å². The highest BCUT2D eigenvalue weighted by molar-refractivity contribution is 8.18. The first kappa shape index (κ1) is 25.4. The van der Waals surface area contributed by atoms with Gasteiger partial charge in [-0.3, -0.25) is 14.5 Å². The Balaban J connectivity index is 1.37.